The van der Waals surface area contributed by atoms with Gasteiger partial charge in [-0.15, -0.1) is 0 Å². The Hall–Kier alpha value is -0.821. The van der Waals surface area contributed by atoms with Crippen molar-refractivity contribution in [3.63, 3.8) is 0 Å². The fraction of sp³-hybridized carbons (Fsp3) is 0.167. The number of aliphatic hydroxyl groups excluding tert-OH is 1. The molecule has 0 bridgehead atoms. The maximum atomic E-state index is 7.00. The van der Waals surface area contributed by atoms with Gasteiger partial charge >= 0.3 is 0 Å². The molecule has 1 N–H and O–H groups in total. The summed E-state index contributed by atoms with van der Waals surface area (Å²) in [5.41, 5.74) is 0. The minimum absolute atomic E-state index is 0. The fourth-order valence-electron chi connectivity index (χ4n) is 0.642. The summed E-state index contributed by atoms with van der Waals surface area (Å²) in [6, 6.07) is 20.0. The quantitative estimate of drug-likeness (QED) is 0.548. The Morgan fingerprint density at radius 2 is 1.07 bits per heavy atom. The van der Waals surface area contributed by atoms with Gasteiger partial charge in [-0.25, -0.2) is 12.1 Å². The van der Waals surface area contributed by atoms with Gasteiger partial charge in [0, 0.05) is 24.2 Å². The van der Waals surface area contributed by atoms with Crippen LogP contribution in [-0.2, 0) is 17.1 Å². The summed E-state index contributed by atoms with van der Waals surface area (Å²) in [7, 11) is 1.00. The van der Waals surface area contributed by atoms with Crippen molar-refractivity contribution in [2.75, 3.05) is 7.11 Å². The summed E-state index contributed by atoms with van der Waals surface area (Å²) in [5, 5.41) is 7.00. The number of hydrogen-bond acceptors (Lipinski definition) is 1. The third-order valence-corrected chi connectivity index (χ3v) is 1.11. The van der Waals surface area contributed by atoms with E-state index in [0.29, 0.717) is 0 Å². The minimum Gasteiger partial charge on any atom is -0.748 e. The standard InChI is InChI=1S/2C5H5.CH4O.CH4.Fe/c2*1-2-4-5-3-1;1-2;;/h2*1-5H;2H,1H3;1H4;/q-5;-1;;;. The van der Waals surface area contributed by atoms with Crippen molar-refractivity contribution >= 4 is 0 Å². The average Bonchev–Trinajstić information content (AvgIpc) is 2.87. The van der Waals surface area contributed by atoms with Gasteiger partial charge in [0.2, 0.25) is 0 Å². The average molecular weight is 234 g/mol. The second-order valence-corrected chi connectivity index (χ2v) is 1.92. The monoisotopic (exact) mass is 234 g/mol. The summed E-state index contributed by atoms with van der Waals surface area (Å²) >= 11 is 0. The molecule has 2 aromatic carbocycles. The van der Waals surface area contributed by atoms with Crippen molar-refractivity contribution in [3.05, 3.63) is 60.7 Å². The van der Waals surface area contributed by atoms with E-state index >= 15 is 0 Å². The normalized spacial score (nSPS) is 6.14. The van der Waals surface area contributed by atoms with Gasteiger partial charge in [0.25, 0.3) is 0 Å². The van der Waals surface area contributed by atoms with Gasteiger partial charge in [-0.2, -0.15) is 18.2 Å². The molecular weight excluding hydrogens is 216 g/mol. The van der Waals surface area contributed by atoms with Gasteiger partial charge in [0.05, 0.1) is 0 Å². The van der Waals surface area contributed by atoms with Crippen LogP contribution in [0.5, 0.6) is 0 Å². The molecule has 2 heteroatoms. The van der Waals surface area contributed by atoms with Gasteiger partial charge in [0.1, 0.15) is 0 Å². The molecule has 0 aliphatic carbocycles. The molecule has 0 fully saturated rings. The van der Waals surface area contributed by atoms with Crippen molar-refractivity contribution in [1.29, 1.82) is 0 Å². The Labute approximate surface area is 97.6 Å². The largest absolute Gasteiger partial charge is 0.748 e. The van der Waals surface area contributed by atoms with Crippen LogP contribution in [0.25, 0.3) is 0 Å². The second-order valence-electron chi connectivity index (χ2n) is 1.92. The van der Waals surface area contributed by atoms with E-state index < -0.39 is 0 Å². The van der Waals surface area contributed by atoms with Crippen LogP contribution < -0.4 is 0 Å². The SMILES string of the molecule is C.CO.[Fe].[cH-]1[cH-][cH-][cH-][cH-]1.c1cc[cH-]c1. The Bertz CT molecular complexity index is 150. The number of rotatable bonds is 0. The van der Waals surface area contributed by atoms with E-state index in [1.165, 1.54) is 0 Å². The smallest absolute Gasteiger partial charge is 0.0319 e. The van der Waals surface area contributed by atoms with E-state index in [1.54, 1.807) is 0 Å². The molecule has 2 rings (SSSR count). The topological polar surface area (TPSA) is 20.2 Å². The van der Waals surface area contributed by atoms with Gasteiger partial charge in [0.15, 0.2) is 0 Å². The molecule has 0 aliphatic heterocycles. The first kappa shape index (κ1) is 18.9. The van der Waals surface area contributed by atoms with E-state index in [-0.39, 0.29) is 24.5 Å². The van der Waals surface area contributed by atoms with Gasteiger partial charge in [-0.3, -0.25) is 0 Å². The Morgan fingerprint density at radius 1 is 0.786 bits per heavy atom. The zero-order chi connectivity index (χ0) is 9.07. The van der Waals surface area contributed by atoms with E-state index in [2.05, 4.69) is 0 Å². The molecule has 0 amide bonds. The zero-order valence-corrected chi connectivity index (χ0v) is 8.68. The molecule has 0 aromatic heterocycles. The summed E-state index contributed by atoms with van der Waals surface area (Å²) in [6.45, 7) is 0. The number of aliphatic hydroxyl groups is 1. The third kappa shape index (κ3) is 13.7. The molecule has 0 radical (unpaired) electrons. The van der Waals surface area contributed by atoms with Gasteiger partial charge in [-0.05, 0) is 0 Å². The molecular formula is C12H18FeO-6. The Balaban J connectivity index is -0.000000131. The Kier molecular flexibility index (Phi) is 24.3. The summed E-state index contributed by atoms with van der Waals surface area (Å²) in [4.78, 5) is 0. The van der Waals surface area contributed by atoms with Crippen molar-refractivity contribution in [2.24, 2.45) is 0 Å². The maximum Gasteiger partial charge on any atom is 0.0319 e. The predicted molar refractivity (Wildman–Crippen MR) is 58.9 cm³/mol. The molecule has 0 atom stereocenters. The molecule has 1 nitrogen and oxygen atoms in total. The van der Waals surface area contributed by atoms with Gasteiger partial charge < -0.3 is 35.4 Å². The molecule has 0 aliphatic rings. The minimum atomic E-state index is 0. The molecule has 86 valence electrons. The second kappa shape index (κ2) is 18.1. The van der Waals surface area contributed by atoms with Crippen LogP contribution >= 0.6 is 0 Å². The maximum absolute atomic E-state index is 7.00. The summed E-state index contributed by atoms with van der Waals surface area (Å²) < 4.78 is 0. The Morgan fingerprint density at radius 3 is 1.21 bits per heavy atom. The zero-order valence-electron chi connectivity index (χ0n) is 7.57. The first-order chi connectivity index (χ1) is 6.00. The molecule has 0 saturated heterocycles. The summed E-state index contributed by atoms with van der Waals surface area (Å²) in [5.74, 6) is 0. The molecule has 0 heterocycles. The van der Waals surface area contributed by atoms with E-state index in [4.69, 9.17) is 5.11 Å². The van der Waals surface area contributed by atoms with Crippen molar-refractivity contribution in [2.45, 2.75) is 7.43 Å². The van der Waals surface area contributed by atoms with Crippen molar-refractivity contribution < 1.29 is 22.2 Å². The molecule has 14 heavy (non-hydrogen) atoms. The van der Waals surface area contributed by atoms with E-state index in [9.17, 15) is 0 Å². The molecule has 2 aromatic rings. The third-order valence-electron chi connectivity index (χ3n) is 1.11. The van der Waals surface area contributed by atoms with Crippen LogP contribution in [0.3, 0.4) is 0 Å². The van der Waals surface area contributed by atoms with Gasteiger partial charge in [-0.1, -0.05) is 7.43 Å². The predicted octanol–water partition coefficient (Wildman–Crippen LogP) is 3.05. The van der Waals surface area contributed by atoms with Crippen LogP contribution in [-0.4, -0.2) is 12.2 Å². The molecule has 0 saturated carbocycles. The van der Waals surface area contributed by atoms with Crippen LogP contribution in [0.4, 0.5) is 0 Å². The first-order valence-corrected chi connectivity index (χ1v) is 3.78. The van der Waals surface area contributed by atoms with Crippen LogP contribution in [0.15, 0.2) is 60.7 Å². The van der Waals surface area contributed by atoms with Crippen molar-refractivity contribution in [1.82, 2.24) is 0 Å². The van der Waals surface area contributed by atoms with E-state index in [1.807, 2.05) is 60.7 Å². The van der Waals surface area contributed by atoms with E-state index in [0.717, 1.165) is 7.11 Å². The molecule has 0 spiro atoms. The van der Waals surface area contributed by atoms with Crippen LogP contribution in [0.2, 0.25) is 0 Å². The van der Waals surface area contributed by atoms with Crippen LogP contribution in [0, 0.1) is 0 Å². The summed E-state index contributed by atoms with van der Waals surface area (Å²) in [6.07, 6.45) is 0. The van der Waals surface area contributed by atoms with Crippen LogP contribution in [0.1, 0.15) is 7.43 Å². The molecule has 0 unspecified atom stereocenters. The van der Waals surface area contributed by atoms with Crippen molar-refractivity contribution in [3.8, 4) is 0 Å². The fourth-order valence-corrected chi connectivity index (χ4v) is 0.642. The first-order valence-electron chi connectivity index (χ1n) is 3.78. The number of hydrogen-bond donors (Lipinski definition) is 1.